The molecule has 0 saturated carbocycles. The highest BCUT2D eigenvalue weighted by molar-refractivity contribution is 5.88. The summed E-state index contributed by atoms with van der Waals surface area (Å²) in [4.78, 5) is 23.6. The van der Waals surface area contributed by atoms with Crippen LogP contribution >= 0.6 is 0 Å². The van der Waals surface area contributed by atoms with Gasteiger partial charge in [0.2, 0.25) is 5.91 Å². The van der Waals surface area contributed by atoms with Gasteiger partial charge >= 0.3 is 0 Å². The monoisotopic (exact) mass is 155 g/mol. The number of hydrogen-bond donors (Lipinski definition) is 0. The molecule has 3 heteroatoms. The topological polar surface area (TPSA) is 37.4 Å². The van der Waals surface area contributed by atoms with Gasteiger partial charge < -0.3 is 4.90 Å². The van der Waals surface area contributed by atoms with Crippen molar-refractivity contribution in [1.29, 1.82) is 0 Å². The molecular weight excluding hydrogens is 142 g/mol. The van der Waals surface area contributed by atoms with Crippen LogP contribution in [0.5, 0.6) is 0 Å². The largest absolute Gasteiger partial charge is 0.333 e. The highest BCUT2D eigenvalue weighted by atomic mass is 16.2. The predicted octanol–water partition coefficient (Wildman–Crippen LogP) is 0.586. The third-order valence-corrected chi connectivity index (χ3v) is 2.17. The SMILES string of the molecule is CC(=O)[C@H](C)N1CCCC1=O. The smallest absolute Gasteiger partial charge is 0.223 e. The molecule has 3 nitrogen and oxygen atoms in total. The number of ketones is 1. The number of hydrogen-bond acceptors (Lipinski definition) is 2. The molecule has 0 N–H and O–H groups in total. The molecule has 11 heavy (non-hydrogen) atoms. The maximum atomic E-state index is 11.1. The van der Waals surface area contributed by atoms with E-state index >= 15 is 0 Å². The van der Waals surface area contributed by atoms with E-state index in [-0.39, 0.29) is 17.7 Å². The average Bonchev–Trinajstić information content (AvgIpc) is 2.33. The Hall–Kier alpha value is -0.860. The molecule has 0 radical (unpaired) electrons. The Labute approximate surface area is 66.4 Å². The minimum atomic E-state index is -0.218. The van der Waals surface area contributed by atoms with Gasteiger partial charge in [0.05, 0.1) is 6.04 Å². The quantitative estimate of drug-likeness (QED) is 0.585. The molecular formula is C8H13NO2. The Morgan fingerprint density at radius 2 is 2.27 bits per heavy atom. The predicted molar refractivity (Wildman–Crippen MR) is 41.1 cm³/mol. The van der Waals surface area contributed by atoms with Crippen molar-refractivity contribution in [2.45, 2.75) is 32.7 Å². The molecule has 0 aromatic rings. The summed E-state index contributed by atoms with van der Waals surface area (Å²) >= 11 is 0. The average molecular weight is 155 g/mol. The molecule has 1 aliphatic rings. The van der Waals surface area contributed by atoms with Crippen LogP contribution in [0.15, 0.2) is 0 Å². The van der Waals surface area contributed by atoms with Gasteiger partial charge in [0.1, 0.15) is 0 Å². The normalized spacial score (nSPS) is 20.5. The van der Waals surface area contributed by atoms with E-state index in [9.17, 15) is 9.59 Å². The number of Topliss-reactive ketones (excluding diaryl/α,β-unsaturated/α-hetero) is 1. The summed E-state index contributed by atoms with van der Waals surface area (Å²) in [6.07, 6.45) is 1.51. The van der Waals surface area contributed by atoms with Crippen LogP contribution in [0.4, 0.5) is 0 Å². The molecule has 1 saturated heterocycles. The van der Waals surface area contributed by atoms with Gasteiger partial charge in [0.25, 0.3) is 0 Å². The van der Waals surface area contributed by atoms with Gasteiger partial charge in [-0.25, -0.2) is 0 Å². The van der Waals surface area contributed by atoms with Gasteiger partial charge in [-0.05, 0) is 20.3 Å². The van der Waals surface area contributed by atoms with Gasteiger partial charge in [0.15, 0.2) is 5.78 Å². The second kappa shape index (κ2) is 3.03. The standard InChI is InChI=1S/C8H13NO2/c1-6(7(2)10)9-5-3-4-8(9)11/h6H,3-5H2,1-2H3/t6-/m0/s1. The van der Waals surface area contributed by atoms with Crippen molar-refractivity contribution in [3.8, 4) is 0 Å². The number of likely N-dealkylation sites (tertiary alicyclic amines) is 1. The van der Waals surface area contributed by atoms with Crippen molar-refractivity contribution in [3.05, 3.63) is 0 Å². The van der Waals surface area contributed by atoms with Gasteiger partial charge in [-0.3, -0.25) is 9.59 Å². The molecule has 0 aromatic carbocycles. The van der Waals surface area contributed by atoms with Gasteiger partial charge in [-0.1, -0.05) is 0 Å². The van der Waals surface area contributed by atoms with Gasteiger partial charge in [-0.15, -0.1) is 0 Å². The maximum Gasteiger partial charge on any atom is 0.223 e. The summed E-state index contributed by atoms with van der Waals surface area (Å²) in [5.74, 6) is 0.188. The van der Waals surface area contributed by atoms with Crippen LogP contribution in [0.1, 0.15) is 26.7 Å². The Balaban J connectivity index is 2.59. The van der Waals surface area contributed by atoms with E-state index in [0.29, 0.717) is 6.42 Å². The van der Waals surface area contributed by atoms with E-state index in [1.807, 2.05) is 0 Å². The second-order valence-electron chi connectivity index (χ2n) is 2.98. The highest BCUT2D eigenvalue weighted by Gasteiger charge is 2.26. The fourth-order valence-corrected chi connectivity index (χ4v) is 1.30. The Morgan fingerprint density at radius 3 is 2.64 bits per heavy atom. The van der Waals surface area contributed by atoms with Crippen LogP contribution in [0, 0.1) is 0 Å². The highest BCUT2D eigenvalue weighted by Crippen LogP contribution is 2.13. The summed E-state index contributed by atoms with van der Waals surface area (Å²) in [5.41, 5.74) is 0. The molecule has 1 heterocycles. The molecule has 1 atom stereocenters. The summed E-state index contributed by atoms with van der Waals surface area (Å²) < 4.78 is 0. The van der Waals surface area contributed by atoms with Crippen LogP contribution in [0.3, 0.4) is 0 Å². The van der Waals surface area contributed by atoms with E-state index in [0.717, 1.165) is 13.0 Å². The molecule has 0 aliphatic carbocycles. The minimum absolute atomic E-state index is 0.0697. The van der Waals surface area contributed by atoms with E-state index in [1.165, 1.54) is 6.92 Å². The molecule has 0 unspecified atom stereocenters. The first-order valence-corrected chi connectivity index (χ1v) is 3.93. The maximum absolute atomic E-state index is 11.1. The van der Waals surface area contributed by atoms with E-state index < -0.39 is 0 Å². The number of nitrogens with zero attached hydrogens (tertiary/aromatic N) is 1. The first kappa shape index (κ1) is 8.24. The fraction of sp³-hybridized carbons (Fsp3) is 0.750. The zero-order chi connectivity index (χ0) is 8.43. The van der Waals surface area contributed by atoms with Gasteiger partial charge in [0, 0.05) is 13.0 Å². The summed E-state index contributed by atoms with van der Waals surface area (Å²) in [5, 5.41) is 0. The number of carbonyl (C=O) groups is 2. The Morgan fingerprint density at radius 1 is 1.64 bits per heavy atom. The zero-order valence-corrected chi connectivity index (χ0v) is 6.96. The van der Waals surface area contributed by atoms with E-state index in [4.69, 9.17) is 0 Å². The molecule has 1 rings (SSSR count). The molecule has 1 aliphatic heterocycles. The third kappa shape index (κ3) is 1.59. The van der Waals surface area contributed by atoms with Crippen molar-refractivity contribution in [1.82, 2.24) is 4.90 Å². The first-order chi connectivity index (χ1) is 5.13. The number of carbonyl (C=O) groups excluding carboxylic acids is 2. The zero-order valence-electron chi connectivity index (χ0n) is 6.96. The van der Waals surface area contributed by atoms with Crippen molar-refractivity contribution in [3.63, 3.8) is 0 Å². The lowest BCUT2D eigenvalue weighted by Crippen LogP contribution is -2.38. The van der Waals surface area contributed by atoms with Crippen LogP contribution in [-0.4, -0.2) is 29.2 Å². The molecule has 62 valence electrons. The Bertz CT molecular complexity index is 189. The first-order valence-electron chi connectivity index (χ1n) is 3.93. The summed E-state index contributed by atoms with van der Waals surface area (Å²) in [7, 11) is 0. The number of rotatable bonds is 2. The summed E-state index contributed by atoms with van der Waals surface area (Å²) in [6.45, 7) is 4.06. The third-order valence-electron chi connectivity index (χ3n) is 2.17. The lowest BCUT2D eigenvalue weighted by atomic mass is 10.2. The molecule has 1 amide bonds. The fourth-order valence-electron chi connectivity index (χ4n) is 1.30. The molecule has 1 fully saturated rings. The second-order valence-corrected chi connectivity index (χ2v) is 2.98. The molecule has 0 bridgehead atoms. The lowest BCUT2D eigenvalue weighted by Gasteiger charge is -2.21. The van der Waals surface area contributed by atoms with E-state index in [1.54, 1.807) is 11.8 Å². The lowest BCUT2D eigenvalue weighted by molar-refractivity contribution is -0.135. The van der Waals surface area contributed by atoms with Crippen molar-refractivity contribution in [2.75, 3.05) is 6.54 Å². The number of amides is 1. The summed E-state index contributed by atoms with van der Waals surface area (Å²) in [6, 6.07) is -0.218. The van der Waals surface area contributed by atoms with Crippen molar-refractivity contribution >= 4 is 11.7 Å². The van der Waals surface area contributed by atoms with Crippen LogP contribution in [0.2, 0.25) is 0 Å². The van der Waals surface area contributed by atoms with Crippen molar-refractivity contribution < 1.29 is 9.59 Å². The van der Waals surface area contributed by atoms with Crippen LogP contribution in [0.25, 0.3) is 0 Å². The molecule has 0 spiro atoms. The van der Waals surface area contributed by atoms with Gasteiger partial charge in [-0.2, -0.15) is 0 Å². The van der Waals surface area contributed by atoms with Crippen molar-refractivity contribution in [2.24, 2.45) is 0 Å². The Kier molecular flexibility index (Phi) is 2.27. The minimum Gasteiger partial charge on any atom is -0.333 e. The van der Waals surface area contributed by atoms with E-state index in [2.05, 4.69) is 0 Å². The molecule has 0 aromatic heterocycles. The van der Waals surface area contributed by atoms with Crippen LogP contribution < -0.4 is 0 Å². The van der Waals surface area contributed by atoms with Crippen LogP contribution in [-0.2, 0) is 9.59 Å².